The highest BCUT2D eigenvalue weighted by Gasteiger charge is 2.47. The van der Waals surface area contributed by atoms with Gasteiger partial charge in [-0.05, 0) is 46.7 Å². The van der Waals surface area contributed by atoms with Gasteiger partial charge in [0.2, 0.25) is 0 Å². The van der Waals surface area contributed by atoms with Crippen molar-refractivity contribution < 1.29 is 9.53 Å². The van der Waals surface area contributed by atoms with Gasteiger partial charge in [-0.3, -0.25) is 4.79 Å². The molecule has 0 saturated carbocycles. The molecule has 0 aromatic heterocycles. The Hall–Kier alpha value is -0.610. The number of hydrogen-bond acceptors (Lipinski definition) is 4. The standard InChI is InChI=1S/C15H32N2O2/c1-13(2,3)15(6,11-14(4,5)16)12(18)19-10-9-17(7)8/h9-11,16H2,1-8H3. The van der Waals surface area contributed by atoms with Crippen LogP contribution in [-0.4, -0.2) is 43.7 Å². The van der Waals surface area contributed by atoms with Crippen LogP contribution < -0.4 is 5.73 Å². The maximum absolute atomic E-state index is 12.5. The minimum Gasteiger partial charge on any atom is -0.464 e. The summed E-state index contributed by atoms with van der Waals surface area (Å²) in [5, 5.41) is 0. The summed E-state index contributed by atoms with van der Waals surface area (Å²) in [6, 6.07) is 0. The first-order valence-corrected chi connectivity index (χ1v) is 6.90. The number of nitrogens with zero attached hydrogens (tertiary/aromatic N) is 1. The number of rotatable bonds is 6. The molecule has 0 saturated heterocycles. The van der Waals surface area contributed by atoms with Gasteiger partial charge in [-0.25, -0.2) is 0 Å². The normalized spacial score (nSPS) is 16.3. The summed E-state index contributed by atoms with van der Waals surface area (Å²) in [6.07, 6.45) is 0.601. The number of carbonyl (C=O) groups excluding carboxylic acids is 1. The van der Waals surface area contributed by atoms with Gasteiger partial charge in [0.15, 0.2) is 0 Å². The van der Waals surface area contributed by atoms with Gasteiger partial charge < -0.3 is 15.4 Å². The third kappa shape index (κ3) is 5.91. The molecule has 0 radical (unpaired) electrons. The molecule has 0 fully saturated rings. The average molecular weight is 272 g/mol. The number of nitrogens with two attached hydrogens (primary N) is 1. The van der Waals surface area contributed by atoms with E-state index in [-0.39, 0.29) is 11.4 Å². The minimum atomic E-state index is -0.586. The number of likely N-dealkylation sites (N-methyl/N-ethyl adjacent to an activating group) is 1. The molecule has 114 valence electrons. The first-order valence-electron chi connectivity index (χ1n) is 6.90. The SMILES string of the molecule is CN(C)CCOC(=O)C(C)(CC(C)(C)N)C(C)(C)C. The summed E-state index contributed by atoms with van der Waals surface area (Å²) in [6.45, 7) is 13.2. The lowest BCUT2D eigenvalue weighted by Gasteiger charge is -2.43. The van der Waals surface area contributed by atoms with Gasteiger partial charge in [-0.1, -0.05) is 20.8 Å². The first kappa shape index (κ1) is 18.4. The maximum atomic E-state index is 12.5. The molecule has 4 heteroatoms. The van der Waals surface area contributed by atoms with Crippen molar-refractivity contribution in [1.82, 2.24) is 4.90 Å². The molecule has 1 unspecified atom stereocenters. The summed E-state index contributed by atoms with van der Waals surface area (Å²) in [5.41, 5.74) is 4.94. The van der Waals surface area contributed by atoms with E-state index in [1.54, 1.807) is 0 Å². The summed E-state index contributed by atoms with van der Waals surface area (Å²) < 4.78 is 5.45. The van der Waals surface area contributed by atoms with E-state index in [1.807, 2.05) is 39.8 Å². The van der Waals surface area contributed by atoms with E-state index in [2.05, 4.69) is 20.8 Å². The molecule has 2 N–H and O–H groups in total. The summed E-state index contributed by atoms with van der Waals surface area (Å²) in [5.74, 6) is -0.152. The molecule has 4 nitrogen and oxygen atoms in total. The molecule has 0 aliphatic rings. The topological polar surface area (TPSA) is 55.6 Å². The fraction of sp³-hybridized carbons (Fsp3) is 0.933. The maximum Gasteiger partial charge on any atom is 0.312 e. The molecule has 0 amide bonds. The highest BCUT2D eigenvalue weighted by molar-refractivity contribution is 5.77. The Morgan fingerprint density at radius 1 is 1.11 bits per heavy atom. The Kier molecular flexibility index (Phi) is 6.03. The van der Waals surface area contributed by atoms with Crippen LogP contribution in [0.2, 0.25) is 0 Å². The quantitative estimate of drug-likeness (QED) is 0.754. The van der Waals surface area contributed by atoms with Gasteiger partial charge in [0, 0.05) is 12.1 Å². The molecule has 0 rings (SSSR count). The van der Waals surface area contributed by atoms with Crippen molar-refractivity contribution >= 4 is 5.97 Å². The van der Waals surface area contributed by atoms with E-state index in [4.69, 9.17) is 10.5 Å². The lowest BCUT2D eigenvalue weighted by Crippen LogP contribution is -2.49. The zero-order chi connectivity index (χ0) is 15.5. The lowest BCUT2D eigenvalue weighted by atomic mass is 9.63. The number of ether oxygens (including phenoxy) is 1. The largest absolute Gasteiger partial charge is 0.464 e. The second-order valence-electron chi connectivity index (χ2n) is 7.69. The molecular weight excluding hydrogens is 240 g/mol. The fourth-order valence-electron chi connectivity index (χ4n) is 2.03. The number of carbonyl (C=O) groups is 1. The Labute approximate surface area is 118 Å². The lowest BCUT2D eigenvalue weighted by molar-refractivity contribution is -0.164. The monoisotopic (exact) mass is 272 g/mol. The van der Waals surface area contributed by atoms with E-state index < -0.39 is 11.0 Å². The van der Waals surface area contributed by atoms with Gasteiger partial charge in [-0.2, -0.15) is 0 Å². The van der Waals surface area contributed by atoms with Crippen LogP contribution in [0, 0.1) is 10.8 Å². The van der Waals surface area contributed by atoms with Gasteiger partial charge in [0.05, 0.1) is 5.41 Å². The van der Waals surface area contributed by atoms with Crippen molar-refractivity contribution in [3.05, 3.63) is 0 Å². The molecule has 0 aliphatic carbocycles. The van der Waals surface area contributed by atoms with Crippen molar-refractivity contribution in [2.24, 2.45) is 16.6 Å². The fourth-order valence-corrected chi connectivity index (χ4v) is 2.03. The van der Waals surface area contributed by atoms with Crippen LogP contribution in [0.1, 0.15) is 48.0 Å². The van der Waals surface area contributed by atoms with E-state index in [0.717, 1.165) is 6.54 Å². The van der Waals surface area contributed by atoms with E-state index >= 15 is 0 Å². The second-order valence-corrected chi connectivity index (χ2v) is 7.69. The van der Waals surface area contributed by atoms with Crippen molar-refractivity contribution in [1.29, 1.82) is 0 Å². The Morgan fingerprint density at radius 2 is 1.58 bits per heavy atom. The van der Waals surface area contributed by atoms with Crippen molar-refractivity contribution in [3.63, 3.8) is 0 Å². The van der Waals surface area contributed by atoms with Crippen molar-refractivity contribution in [2.45, 2.75) is 53.5 Å². The molecule has 0 bridgehead atoms. The van der Waals surface area contributed by atoms with Crippen LogP contribution in [0.3, 0.4) is 0 Å². The van der Waals surface area contributed by atoms with Gasteiger partial charge in [0.25, 0.3) is 0 Å². The van der Waals surface area contributed by atoms with Crippen LogP contribution >= 0.6 is 0 Å². The second kappa shape index (κ2) is 6.23. The highest BCUT2D eigenvalue weighted by atomic mass is 16.5. The molecule has 0 aromatic carbocycles. The number of hydrogen-bond donors (Lipinski definition) is 1. The zero-order valence-electron chi connectivity index (χ0n) is 14.0. The van der Waals surface area contributed by atoms with Crippen LogP contribution in [0.5, 0.6) is 0 Å². The minimum absolute atomic E-state index is 0.152. The predicted molar refractivity (Wildman–Crippen MR) is 80.0 cm³/mol. The third-order valence-corrected chi connectivity index (χ3v) is 3.69. The van der Waals surface area contributed by atoms with E-state index in [0.29, 0.717) is 13.0 Å². The molecular formula is C15H32N2O2. The van der Waals surface area contributed by atoms with Crippen LogP contribution in [0.15, 0.2) is 0 Å². The van der Waals surface area contributed by atoms with E-state index in [9.17, 15) is 4.79 Å². The predicted octanol–water partition coefficient (Wildman–Crippen LogP) is 2.27. The highest BCUT2D eigenvalue weighted by Crippen LogP contribution is 2.44. The summed E-state index contributed by atoms with van der Waals surface area (Å²) >= 11 is 0. The van der Waals surface area contributed by atoms with Crippen molar-refractivity contribution in [2.75, 3.05) is 27.2 Å². The van der Waals surface area contributed by atoms with E-state index in [1.165, 1.54) is 0 Å². The summed E-state index contributed by atoms with van der Waals surface area (Å²) in [4.78, 5) is 14.5. The third-order valence-electron chi connectivity index (χ3n) is 3.69. The molecule has 0 spiro atoms. The first-order chi connectivity index (χ1) is 8.29. The molecule has 1 atom stereocenters. The van der Waals surface area contributed by atoms with Crippen LogP contribution in [-0.2, 0) is 9.53 Å². The summed E-state index contributed by atoms with van der Waals surface area (Å²) in [7, 11) is 3.92. The number of esters is 1. The van der Waals surface area contributed by atoms with Crippen molar-refractivity contribution in [3.8, 4) is 0 Å². The smallest absolute Gasteiger partial charge is 0.312 e. The van der Waals surface area contributed by atoms with Gasteiger partial charge in [-0.15, -0.1) is 0 Å². The van der Waals surface area contributed by atoms with Gasteiger partial charge >= 0.3 is 5.97 Å². The van der Waals surface area contributed by atoms with Crippen LogP contribution in [0.4, 0.5) is 0 Å². The van der Waals surface area contributed by atoms with Gasteiger partial charge in [0.1, 0.15) is 6.61 Å². The average Bonchev–Trinajstić information content (AvgIpc) is 2.12. The Bertz CT molecular complexity index is 300. The molecule has 0 aromatic rings. The van der Waals surface area contributed by atoms with Crippen LogP contribution in [0.25, 0.3) is 0 Å². The molecule has 0 aliphatic heterocycles. The zero-order valence-corrected chi connectivity index (χ0v) is 14.0. The molecule has 0 heterocycles. The Morgan fingerprint density at radius 3 is 1.89 bits per heavy atom. The molecule has 19 heavy (non-hydrogen) atoms. The Balaban J connectivity index is 4.91.